The highest BCUT2D eigenvalue weighted by Gasteiger charge is 2.28. The molecule has 0 radical (unpaired) electrons. The Bertz CT molecular complexity index is 504. The fraction of sp³-hybridized carbons (Fsp3) is 0.467. The van der Waals surface area contributed by atoms with Crippen molar-refractivity contribution in [3.05, 3.63) is 34.3 Å². The van der Waals surface area contributed by atoms with Gasteiger partial charge in [-0.15, -0.1) is 0 Å². The molecule has 1 aromatic rings. The van der Waals surface area contributed by atoms with Crippen LogP contribution in [0, 0.1) is 0 Å². The minimum atomic E-state index is -0.566. The van der Waals surface area contributed by atoms with E-state index in [1.54, 1.807) is 23.1 Å². The van der Waals surface area contributed by atoms with Gasteiger partial charge in [-0.25, -0.2) is 4.79 Å². The minimum absolute atomic E-state index is 0.00395. The normalized spacial score (nSPS) is 10.8. The average molecular weight is 298 g/mol. The van der Waals surface area contributed by atoms with Gasteiger partial charge in [0, 0.05) is 12.1 Å². The van der Waals surface area contributed by atoms with E-state index in [1.807, 2.05) is 27.7 Å². The Morgan fingerprint density at radius 3 is 2.15 bits per heavy atom. The molecule has 0 aliphatic carbocycles. The summed E-state index contributed by atoms with van der Waals surface area (Å²) in [5, 5.41) is 0.254. The Morgan fingerprint density at radius 1 is 1.15 bits per heavy atom. The van der Waals surface area contributed by atoms with Gasteiger partial charge in [0.05, 0.1) is 23.3 Å². The Balaban J connectivity index is 3.37. The molecule has 1 amide bonds. The van der Waals surface area contributed by atoms with Crippen molar-refractivity contribution in [3.63, 3.8) is 0 Å². The first-order valence-electron chi connectivity index (χ1n) is 6.50. The Labute approximate surface area is 124 Å². The number of halogens is 1. The fourth-order valence-corrected chi connectivity index (χ4v) is 2.47. The monoisotopic (exact) mass is 297 g/mol. The zero-order chi connectivity index (χ0) is 15.4. The molecule has 0 atom stereocenters. The summed E-state index contributed by atoms with van der Waals surface area (Å²) in [5.41, 5.74) is 0.389. The summed E-state index contributed by atoms with van der Waals surface area (Å²) in [5.74, 6) is -0.829. The molecule has 0 aromatic heterocycles. The van der Waals surface area contributed by atoms with Gasteiger partial charge >= 0.3 is 5.97 Å². The summed E-state index contributed by atoms with van der Waals surface area (Å²) in [6, 6.07) is 4.78. The number of hydrogen-bond donors (Lipinski definition) is 0. The van der Waals surface area contributed by atoms with Crippen LogP contribution in [-0.2, 0) is 4.74 Å². The molecule has 0 fully saturated rings. The number of rotatable bonds is 4. The smallest absolute Gasteiger partial charge is 0.338 e. The van der Waals surface area contributed by atoms with E-state index < -0.39 is 5.97 Å². The van der Waals surface area contributed by atoms with Crippen molar-refractivity contribution < 1.29 is 14.3 Å². The molecule has 0 saturated heterocycles. The molecule has 0 N–H and O–H groups in total. The SMILES string of the molecule is COC(=O)c1cccc(Cl)c1C(=O)N(C(C)C)C(C)C. The number of nitrogens with zero attached hydrogens (tertiary/aromatic N) is 1. The maximum atomic E-state index is 12.7. The van der Waals surface area contributed by atoms with E-state index in [-0.39, 0.29) is 34.1 Å². The van der Waals surface area contributed by atoms with Crippen LogP contribution in [0.15, 0.2) is 18.2 Å². The highest BCUT2D eigenvalue weighted by molar-refractivity contribution is 6.34. The van der Waals surface area contributed by atoms with Gasteiger partial charge in [0.1, 0.15) is 0 Å². The largest absolute Gasteiger partial charge is 0.465 e. The van der Waals surface area contributed by atoms with Crippen LogP contribution in [0.1, 0.15) is 48.4 Å². The van der Waals surface area contributed by atoms with Crippen LogP contribution in [0.3, 0.4) is 0 Å². The van der Waals surface area contributed by atoms with Gasteiger partial charge in [-0.05, 0) is 39.8 Å². The fourth-order valence-electron chi connectivity index (χ4n) is 2.22. The van der Waals surface area contributed by atoms with Gasteiger partial charge < -0.3 is 9.64 Å². The standard InChI is InChI=1S/C15H20ClNO3/c1-9(2)17(10(3)4)14(18)13-11(15(19)20-5)7-6-8-12(13)16/h6-10H,1-5H3. The van der Waals surface area contributed by atoms with Crippen LogP contribution in [0.25, 0.3) is 0 Å². The first-order valence-corrected chi connectivity index (χ1v) is 6.88. The molecule has 0 saturated carbocycles. The van der Waals surface area contributed by atoms with Gasteiger partial charge in [-0.3, -0.25) is 4.79 Å². The summed E-state index contributed by atoms with van der Waals surface area (Å²) < 4.78 is 4.71. The van der Waals surface area contributed by atoms with Crippen LogP contribution in [0.2, 0.25) is 5.02 Å². The van der Waals surface area contributed by atoms with E-state index in [0.29, 0.717) is 0 Å². The predicted octanol–water partition coefficient (Wildman–Crippen LogP) is 3.39. The lowest BCUT2D eigenvalue weighted by atomic mass is 10.0. The molecule has 0 unspecified atom stereocenters. The lowest BCUT2D eigenvalue weighted by Gasteiger charge is -2.31. The van der Waals surface area contributed by atoms with Crippen molar-refractivity contribution in [1.29, 1.82) is 0 Å². The molecular weight excluding hydrogens is 278 g/mol. The van der Waals surface area contributed by atoms with E-state index in [4.69, 9.17) is 16.3 Å². The molecule has 20 heavy (non-hydrogen) atoms. The third kappa shape index (κ3) is 3.31. The molecule has 0 aliphatic rings. The molecule has 0 heterocycles. The van der Waals surface area contributed by atoms with E-state index in [2.05, 4.69) is 0 Å². The second-order valence-electron chi connectivity index (χ2n) is 5.05. The Kier molecular flexibility index (Phi) is 5.57. The highest BCUT2D eigenvalue weighted by atomic mass is 35.5. The van der Waals surface area contributed by atoms with Crippen LogP contribution in [-0.4, -0.2) is 36.0 Å². The quantitative estimate of drug-likeness (QED) is 0.800. The molecular formula is C15H20ClNO3. The zero-order valence-corrected chi connectivity index (χ0v) is 13.2. The number of esters is 1. The van der Waals surface area contributed by atoms with E-state index in [1.165, 1.54) is 7.11 Å². The van der Waals surface area contributed by atoms with Crippen LogP contribution in [0.4, 0.5) is 0 Å². The van der Waals surface area contributed by atoms with Crippen molar-refractivity contribution >= 4 is 23.5 Å². The second kappa shape index (κ2) is 6.75. The summed E-state index contributed by atoms with van der Waals surface area (Å²) in [4.78, 5) is 26.2. The van der Waals surface area contributed by atoms with Crippen molar-refractivity contribution in [2.75, 3.05) is 7.11 Å². The zero-order valence-electron chi connectivity index (χ0n) is 12.4. The average Bonchev–Trinajstić information content (AvgIpc) is 2.36. The Morgan fingerprint density at radius 2 is 1.70 bits per heavy atom. The van der Waals surface area contributed by atoms with Gasteiger partial charge in [0.25, 0.3) is 5.91 Å². The highest BCUT2D eigenvalue weighted by Crippen LogP contribution is 2.24. The molecule has 1 rings (SSSR count). The molecule has 4 nitrogen and oxygen atoms in total. The number of methoxy groups -OCH3 is 1. The maximum Gasteiger partial charge on any atom is 0.338 e. The van der Waals surface area contributed by atoms with E-state index >= 15 is 0 Å². The number of hydrogen-bond acceptors (Lipinski definition) is 3. The summed E-state index contributed by atoms with van der Waals surface area (Å²) in [6.07, 6.45) is 0. The molecule has 0 bridgehead atoms. The summed E-state index contributed by atoms with van der Waals surface area (Å²) in [7, 11) is 1.28. The first kappa shape index (κ1) is 16.5. The molecule has 5 heteroatoms. The van der Waals surface area contributed by atoms with Crippen molar-refractivity contribution in [1.82, 2.24) is 4.90 Å². The van der Waals surface area contributed by atoms with Crippen molar-refractivity contribution in [2.24, 2.45) is 0 Å². The van der Waals surface area contributed by atoms with Crippen LogP contribution in [0.5, 0.6) is 0 Å². The lowest BCUT2D eigenvalue weighted by molar-refractivity contribution is 0.0573. The second-order valence-corrected chi connectivity index (χ2v) is 5.46. The predicted molar refractivity (Wildman–Crippen MR) is 79.2 cm³/mol. The third-order valence-electron chi connectivity index (χ3n) is 2.98. The molecule has 1 aromatic carbocycles. The third-order valence-corrected chi connectivity index (χ3v) is 3.29. The topological polar surface area (TPSA) is 46.6 Å². The van der Waals surface area contributed by atoms with Gasteiger partial charge in [0.2, 0.25) is 0 Å². The molecule has 0 spiro atoms. The minimum Gasteiger partial charge on any atom is -0.465 e. The molecule has 110 valence electrons. The number of ether oxygens (including phenoxy) is 1. The number of amides is 1. The van der Waals surface area contributed by atoms with Crippen molar-refractivity contribution in [3.8, 4) is 0 Å². The van der Waals surface area contributed by atoms with Gasteiger partial charge in [0.15, 0.2) is 0 Å². The van der Waals surface area contributed by atoms with E-state index in [9.17, 15) is 9.59 Å². The van der Waals surface area contributed by atoms with Gasteiger partial charge in [-0.2, -0.15) is 0 Å². The van der Waals surface area contributed by atoms with Crippen LogP contribution >= 0.6 is 11.6 Å². The number of carbonyl (C=O) groups is 2. The number of carbonyl (C=O) groups excluding carboxylic acids is 2. The van der Waals surface area contributed by atoms with Crippen LogP contribution < -0.4 is 0 Å². The first-order chi connectivity index (χ1) is 9.31. The summed E-state index contributed by atoms with van der Waals surface area (Å²) >= 11 is 6.12. The lowest BCUT2D eigenvalue weighted by Crippen LogP contribution is -2.42. The van der Waals surface area contributed by atoms with E-state index in [0.717, 1.165) is 0 Å². The number of benzene rings is 1. The summed E-state index contributed by atoms with van der Waals surface area (Å²) in [6.45, 7) is 7.69. The van der Waals surface area contributed by atoms with Crippen molar-refractivity contribution in [2.45, 2.75) is 39.8 Å². The molecule has 0 aliphatic heterocycles. The maximum absolute atomic E-state index is 12.7. The Hall–Kier alpha value is -1.55. The van der Waals surface area contributed by atoms with Gasteiger partial charge in [-0.1, -0.05) is 17.7 Å².